The fourth-order valence-electron chi connectivity index (χ4n) is 2.62. The van der Waals surface area contributed by atoms with Crippen LogP contribution in [0, 0.1) is 12.7 Å². The van der Waals surface area contributed by atoms with E-state index in [4.69, 9.17) is 4.52 Å². The minimum absolute atomic E-state index is 0.150. The average molecular weight is 353 g/mol. The van der Waals surface area contributed by atoms with Crippen LogP contribution in [0.5, 0.6) is 0 Å². The Morgan fingerprint density at radius 2 is 1.96 bits per heavy atom. The lowest BCUT2D eigenvalue weighted by Crippen LogP contribution is -2.29. The summed E-state index contributed by atoms with van der Waals surface area (Å²) in [7, 11) is 1.79. The Kier molecular flexibility index (Phi) is 5.43. The maximum absolute atomic E-state index is 13.2. The van der Waals surface area contributed by atoms with Crippen molar-refractivity contribution in [3.63, 3.8) is 0 Å². The summed E-state index contributed by atoms with van der Waals surface area (Å²) in [5.74, 6) is -0.217. The van der Waals surface area contributed by atoms with Crippen molar-refractivity contribution in [1.82, 2.24) is 10.1 Å². The minimum Gasteiger partial charge on any atom is -0.338 e. The molecule has 3 aromatic rings. The van der Waals surface area contributed by atoms with Crippen molar-refractivity contribution in [2.45, 2.75) is 13.5 Å². The fraction of sp³-hybridized carbons (Fsp3) is 0.200. The third-order valence-electron chi connectivity index (χ3n) is 3.88. The Labute approximate surface area is 151 Å². The number of amides is 1. The molecule has 2 aromatic carbocycles. The summed E-state index contributed by atoms with van der Waals surface area (Å²) in [6, 6.07) is 15.9. The van der Waals surface area contributed by atoms with Crippen LogP contribution in [0.15, 0.2) is 59.1 Å². The van der Waals surface area contributed by atoms with Crippen LogP contribution < -0.4 is 5.32 Å². The first-order valence-corrected chi connectivity index (χ1v) is 8.26. The lowest BCUT2D eigenvalue weighted by Gasteiger charge is -2.15. The monoisotopic (exact) mass is 353 g/mol. The molecular formula is C20H20FN3O2. The molecule has 0 bridgehead atoms. The van der Waals surface area contributed by atoms with Crippen molar-refractivity contribution >= 4 is 11.8 Å². The SMILES string of the molecule is Cc1ccc(-c2cc(NC(=O)CN(C)Cc3cccc(F)c3)on2)cc1. The van der Waals surface area contributed by atoms with Crippen molar-refractivity contribution < 1.29 is 13.7 Å². The van der Waals surface area contributed by atoms with Gasteiger partial charge in [0.1, 0.15) is 11.5 Å². The van der Waals surface area contributed by atoms with Crippen LogP contribution in [0.3, 0.4) is 0 Å². The molecule has 0 atom stereocenters. The van der Waals surface area contributed by atoms with E-state index in [9.17, 15) is 9.18 Å². The lowest BCUT2D eigenvalue weighted by molar-refractivity contribution is -0.117. The van der Waals surface area contributed by atoms with Crippen LogP contribution in [-0.2, 0) is 11.3 Å². The zero-order chi connectivity index (χ0) is 18.5. The molecule has 1 aromatic heterocycles. The molecule has 3 rings (SSSR count). The number of hydrogen-bond donors (Lipinski definition) is 1. The van der Waals surface area contributed by atoms with E-state index in [1.807, 2.05) is 37.3 Å². The zero-order valence-corrected chi connectivity index (χ0v) is 14.7. The van der Waals surface area contributed by atoms with Gasteiger partial charge in [-0.05, 0) is 31.7 Å². The number of hydrogen-bond acceptors (Lipinski definition) is 4. The summed E-state index contributed by atoms with van der Waals surface area (Å²) >= 11 is 0. The molecule has 0 saturated carbocycles. The Morgan fingerprint density at radius 1 is 1.19 bits per heavy atom. The quantitative estimate of drug-likeness (QED) is 0.731. The molecule has 0 aliphatic rings. The molecule has 0 fully saturated rings. The second-order valence-corrected chi connectivity index (χ2v) is 6.29. The van der Waals surface area contributed by atoms with E-state index in [-0.39, 0.29) is 18.3 Å². The van der Waals surface area contributed by atoms with Crippen LogP contribution in [0.1, 0.15) is 11.1 Å². The molecule has 0 aliphatic heterocycles. The van der Waals surface area contributed by atoms with Gasteiger partial charge in [-0.1, -0.05) is 47.1 Å². The minimum atomic E-state index is -0.286. The van der Waals surface area contributed by atoms with Gasteiger partial charge in [-0.2, -0.15) is 0 Å². The molecule has 6 heteroatoms. The number of nitrogens with one attached hydrogen (secondary N) is 1. The van der Waals surface area contributed by atoms with Gasteiger partial charge < -0.3 is 4.52 Å². The summed E-state index contributed by atoms with van der Waals surface area (Å²) < 4.78 is 18.4. The summed E-state index contributed by atoms with van der Waals surface area (Å²) in [5.41, 5.74) is 3.55. The molecule has 1 heterocycles. The average Bonchev–Trinajstić information content (AvgIpc) is 3.03. The van der Waals surface area contributed by atoms with Crippen LogP contribution >= 0.6 is 0 Å². The second-order valence-electron chi connectivity index (χ2n) is 6.29. The molecule has 0 spiro atoms. The molecule has 0 aliphatic carbocycles. The van der Waals surface area contributed by atoms with E-state index < -0.39 is 0 Å². The highest BCUT2D eigenvalue weighted by molar-refractivity contribution is 5.91. The predicted octanol–water partition coefficient (Wildman–Crippen LogP) is 3.86. The summed E-state index contributed by atoms with van der Waals surface area (Å²) in [4.78, 5) is 13.9. The number of nitrogens with zero attached hydrogens (tertiary/aromatic N) is 2. The number of carbonyl (C=O) groups excluding carboxylic acids is 1. The van der Waals surface area contributed by atoms with Gasteiger partial charge in [0.2, 0.25) is 11.8 Å². The number of aryl methyl sites for hydroxylation is 1. The highest BCUT2D eigenvalue weighted by atomic mass is 19.1. The van der Waals surface area contributed by atoms with Crippen molar-refractivity contribution in [1.29, 1.82) is 0 Å². The number of likely N-dealkylation sites (N-methyl/N-ethyl adjacent to an activating group) is 1. The molecule has 5 nitrogen and oxygen atoms in total. The van der Waals surface area contributed by atoms with Crippen molar-refractivity contribution in [2.24, 2.45) is 0 Å². The molecule has 0 radical (unpaired) electrons. The van der Waals surface area contributed by atoms with E-state index in [2.05, 4.69) is 10.5 Å². The Balaban J connectivity index is 1.55. The molecule has 0 saturated heterocycles. The normalized spacial score (nSPS) is 10.9. The summed E-state index contributed by atoms with van der Waals surface area (Å²) in [6.07, 6.45) is 0. The van der Waals surface area contributed by atoms with Gasteiger partial charge in [0, 0.05) is 18.2 Å². The van der Waals surface area contributed by atoms with Gasteiger partial charge in [-0.15, -0.1) is 0 Å². The van der Waals surface area contributed by atoms with E-state index in [0.717, 1.165) is 16.7 Å². The first-order valence-electron chi connectivity index (χ1n) is 8.26. The standard InChI is InChI=1S/C20H20FN3O2/c1-14-6-8-16(9-7-14)18-11-20(26-23-18)22-19(25)13-24(2)12-15-4-3-5-17(21)10-15/h3-11H,12-13H2,1-2H3,(H,22,25). The van der Waals surface area contributed by atoms with Crippen LogP contribution in [-0.4, -0.2) is 29.6 Å². The Bertz CT molecular complexity index is 890. The van der Waals surface area contributed by atoms with Crippen molar-refractivity contribution in [3.8, 4) is 11.3 Å². The highest BCUT2D eigenvalue weighted by Gasteiger charge is 2.12. The number of benzene rings is 2. The van der Waals surface area contributed by atoms with Gasteiger partial charge in [0.25, 0.3) is 0 Å². The van der Waals surface area contributed by atoms with Gasteiger partial charge in [-0.3, -0.25) is 15.0 Å². The summed E-state index contributed by atoms with van der Waals surface area (Å²) in [6.45, 7) is 2.63. The van der Waals surface area contributed by atoms with Gasteiger partial charge in [-0.25, -0.2) is 4.39 Å². The maximum Gasteiger partial charge on any atom is 0.240 e. The molecule has 1 amide bonds. The molecular weight excluding hydrogens is 333 g/mol. The lowest BCUT2D eigenvalue weighted by atomic mass is 10.1. The Morgan fingerprint density at radius 3 is 2.69 bits per heavy atom. The maximum atomic E-state index is 13.2. The first-order chi connectivity index (χ1) is 12.5. The Hall–Kier alpha value is -2.99. The zero-order valence-electron chi connectivity index (χ0n) is 14.7. The van der Waals surface area contributed by atoms with Gasteiger partial charge in [0.15, 0.2) is 0 Å². The fourth-order valence-corrected chi connectivity index (χ4v) is 2.62. The third kappa shape index (κ3) is 4.77. The number of halogens is 1. The summed E-state index contributed by atoms with van der Waals surface area (Å²) in [5, 5.41) is 6.67. The number of rotatable bonds is 6. The van der Waals surface area contributed by atoms with Crippen molar-refractivity contribution in [3.05, 3.63) is 71.5 Å². The van der Waals surface area contributed by atoms with E-state index in [1.165, 1.54) is 12.1 Å². The van der Waals surface area contributed by atoms with Crippen LogP contribution in [0.25, 0.3) is 11.3 Å². The first kappa shape index (κ1) is 17.8. The molecule has 1 N–H and O–H groups in total. The molecule has 134 valence electrons. The molecule has 0 unspecified atom stereocenters. The third-order valence-corrected chi connectivity index (χ3v) is 3.88. The number of anilines is 1. The largest absolute Gasteiger partial charge is 0.338 e. The predicted molar refractivity (Wildman–Crippen MR) is 98.0 cm³/mol. The topological polar surface area (TPSA) is 58.4 Å². The highest BCUT2D eigenvalue weighted by Crippen LogP contribution is 2.22. The van der Waals surface area contributed by atoms with Crippen molar-refractivity contribution in [2.75, 3.05) is 18.9 Å². The van der Waals surface area contributed by atoms with Crippen LogP contribution in [0.4, 0.5) is 10.3 Å². The van der Waals surface area contributed by atoms with Gasteiger partial charge >= 0.3 is 0 Å². The van der Waals surface area contributed by atoms with E-state index in [1.54, 1.807) is 24.1 Å². The second kappa shape index (κ2) is 7.93. The molecule has 26 heavy (non-hydrogen) atoms. The van der Waals surface area contributed by atoms with E-state index in [0.29, 0.717) is 18.1 Å². The smallest absolute Gasteiger partial charge is 0.240 e. The van der Waals surface area contributed by atoms with E-state index >= 15 is 0 Å². The number of aromatic nitrogens is 1. The van der Waals surface area contributed by atoms with Crippen LogP contribution in [0.2, 0.25) is 0 Å². The number of carbonyl (C=O) groups is 1. The van der Waals surface area contributed by atoms with Gasteiger partial charge in [0.05, 0.1) is 6.54 Å².